The fourth-order valence-corrected chi connectivity index (χ4v) is 4.32. The Morgan fingerprint density at radius 1 is 1.18 bits per heavy atom. The highest BCUT2D eigenvalue weighted by Crippen LogP contribution is 2.38. The van der Waals surface area contributed by atoms with Gasteiger partial charge in [0.05, 0.1) is 30.6 Å². The van der Waals surface area contributed by atoms with Gasteiger partial charge in [0.25, 0.3) is 0 Å². The largest absolute Gasteiger partial charge is 0.466 e. The SMILES string of the molecule is C=C1C(=O)O[C@H]2/C=C(/C)CC/C=C(/C(=O)OC)[C@@H](OC(=O)CC(C)(C)O)[C@H](OC(=O)[C@@](C)(O)[C@@H](C)OC(C)=O)[C@H]12. The number of ether oxygens (including phenoxy) is 5. The second-order valence-electron chi connectivity index (χ2n) is 10.8. The number of hydrogen-bond acceptors (Lipinski definition) is 12. The smallest absolute Gasteiger partial charge is 0.342 e. The highest BCUT2D eigenvalue weighted by molar-refractivity contribution is 5.93. The van der Waals surface area contributed by atoms with E-state index in [0.717, 1.165) is 26.5 Å². The van der Waals surface area contributed by atoms with E-state index >= 15 is 0 Å². The van der Waals surface area contributed by atoms with E-state index in [2.05, 4.69) is 6.58 Å². The molecule has 1 heterocycles. The Labute approximate surface area is 232 Å². The molecule has 0 radical (unpaired) electrons. The van der Waals surface area contributed by atoms with Crippen molar-refractivity contribution in [3.05, 3.63) is 35.5 Å². The molecule has 12 heteroatoms. The molecule has 0 amide bonds. The minimum absolute atomic E-state index is 0.132. The van der Waals surface area contributed by atoms with Gasteiger partial charge in [-0.1, -0.05) is 18.2 Å². The number of carbonyl (C=O) groups excluding carboxylic acids is 5. The van der Waals surface area contributed by atoms with Gasteiger partial charge in [-0.3, -0.25) is 9.59 Å². The summed E-state index contributed by atoms with van der Waals surface area (Å²) in [6.07, 6.45) is -2.38. The molecule has 2 N–H and O–H groups in total. The summed E-state index contributed by atoms with van der Waals surface area (Å²) < 4.78 is 26.8. The van der Waals surface area contributed by atoms with E-state index in [4.69, 9.17) is 23.7 Å². The van der Waals surface area contributed by atoms with Gasteiger partial charge in [-0.25, -0.2) is 14.4 Å². The standard InChI is InChI=1S/C28H38O12/c1-14-10-9-11-18(25(32)36-8)22(39-20(30)13-27(5,6)34)23(21-15(2)24(31)38-19(21)12-14)40-26(33)28(7,35)16(3)37-17(4)29/h11-12,16,19,21-23,34-35H,2,9-10,13H2,1,3-8H3/b14-12-,18-11+/t16-,19+,21-,22-,23-,28+/m1/s1. The minimum atomic E-state index is -2.40. The van der Waals surface area contributed by atoms with Crippen molar-refractivity contribution in [1.29, 1.82) is 0 Å². The predicted octanol–water partition coefficient (Wildman–Crippen LogP) is 1.61. The van der Waals surface area contributed by atoms with Crippen LogP contribution in [0.3, 0.4) is 0 Å². The number of aliphatic hydroxyl groups is 2. The van der Waals surface area contributed by atoms with Gasteiger partial charge < -0.3 is 33.9 Å². The van der Waals surface area contributed by atoms with E-state index in [1.807, 2.05) is 0 Å². The first-order valence-electron chi connectivity index (χ1n) is 12.8. The average Bonchev–Trinajstić information content (AvgIpc) is 3.09. The van der Waals surface area contributed by atoms with Crippen molar-refractivity contribution < 1.29 is 57.9 Å². The predicted molar refractivity (Wildman–Crippen MR) is 138 cm³/mol. The van der Waals surface area contributed by atoms with Gasteiger partial charge in [0.2, 0.25) is 0 Å². The van der Waals surface area contributed by atoms with Crippen LogP contribution in [0.4, 0.5) is 0 Å². The molecule has 0 aromatic heterocycles. The molecule has 1 aliphatic carbocycles. The van der Waals surface area contributed by atoms with Crippen LogP contribution in [-0.4, -0.2) is 82.8 Å². The lowest BCUT2D eigenvalue weighted by Gasteiger charge is -2.36. The van der Waals surface area contributed by atoms with Crippen molar-refractivity contribution >= 4 is 29.8 Å². The molecular formula is C28H38O12. The summed E-state index contributed by atoms with van der Waals surface area (Å²) >= 11 is 0. The molecule has 6 atom stereocenters. The van der Waals surface area contributed by atoms with Crippen molar-refractivity contribution in [3.63, 3.8) is 0 Å². The molecule has 12 nitrogen and oxygen atoms in total. The third-order valence-corrected chi connectivity index (χ3v) is 6.62. The third-order valence-electron chi connectivity index (χ3n) is 6.62. The van der Waals surface area contributed by atoms with Crippen molar-refractivity contribution in [2.45, 2.75) is 96.4 Å². The number of allylic oxidation sites excluding steroid dienone is 2. The lowest BCUT2D eigenvalue weighted by Crippen LogP contribution is -2.53. The van der Waals surface area contributed by atoms with Crippen LogP contribution in [0.2, 0.25) is 0 Å². The summed E-state index contributed by atoms with van der Waals surface area (Å²) in [6, 6.07) is 0. The molecule has 0 aromatic rings. The first-order valence-corrected chi connectivity index (χ1v) is 12.8. The molecule has 0 spiro atoms. The number of fused-ring (bicyclic) bond motifs is 1. The summed E-state index contributed by atoms with van der Waals surface area (Å²) in [5, 5.41) is 21.1. The molecule has 2 rings (SSSR count). The molecule has 0 bridgehead atoms. The van der Waals surface area contributed by atoms with Gasteiger partial charge in [-0.05, 0) is 53.5 Å². The van der Waals surface area contributed by atoms with Crippen LogP contribution >= 0.6 is 0 Å². The van der Waals surface area contributed by atoms with Gasteiger partial charge in [-0.15, -0.1) is 0 Å². The van der Waals surface area contributed by atoms with E-state index < -0.39 is 77.8 Å². The molecule has 40 heavy (non-hydrogen) atoms. The molecule has 0 unspecified atom stereocenters. The van der Waals surface area contributed by atoms with Crippen LogP contribution in [0.5, 0.6) is 0 Å². The van der Waals surface area contributed by atoms with Gasteiger partial charge in [0.15, 0.2) is 17.8 Å². The Morgan fingerprint density at radius 3 is 2.35 bits per heavy atom. The van der Waals surface area contributed by atoms with E-state index in [1.165, 1.54) is 26.8 Å². The molecule has 222 valence electrons. The van der Waals surface area contributed by atoms with Crippen LogP contribution < -0.4 is 0 Å². The van der Waals surface area contributed by atoms with Gasteiger partial charge in [-0.2, -0.15) is 0 Å². The highest BCUT2D eigenvalue weighted by Gasteiger charge is 2.53. The maximum absolute atomic E-state index is 13.4. The summed E-state index contributed by atoms with van der Waals surface area (Å²) in [4.78, 5) is 63.4. The Kier molecular flexibility index (Phi) is 10.4. The minimum Gasteiger partial charge on any atom is -0.466 e. The molecule has 2 aliphatic rings. The Balaban J connectivity index is 2.73. The average molecular weight is 567 g/mol. The topological polar surface area (TPSA) is 172 Å². The monoisotopic (exact) mass is 566 g/mol. The van der Waals surface area contributed by atoms with Gasteiger partial charge in [0, 0.05) is 12.5 Å². The number of hydrogen-bond donors (Lipinski definition) is 2. The van der Waals surface area contributed by atoms with E-state index in [9.17, 15) is 34.2 Å². The van der Waals surface area contributed by atoms with Crippen LogP contribution in [0.1, 0.15) is 60.8 Å². The number of methoxy groups -OCH3 is 1. The molecule has 1 saturated heterocycles. The Hall–Kier alpha value is -3.51. The van der Waals surface area contributed by atoms with Gasteiger partial charge >= 0.3 is 29.8 Å². The van der Waals surface area contributed by atoms with Crippen LogP contribution in [0, 0.1) is 5.92 Å². The second kappa shape index (κ2) is 12.8. The Morgan fingerprint density at radius 2 is 1.80 bits per heavy atom. The Bertz CT molecular complexity index is 1110. The molecule has 0 saturated carbocycles. The quantitative estimate of drug-likeness (QED) is 0.188. The van der Waals surface area contributed by atoms with E-state index in [-0.39, 0.29) is 17.6 Å². The summed E-state index contributed by atoms with van der Waals surface area (Å²) in [5.74, 6) is -5.90. The third kappa shape index (κ3) is 8.01. The second-order valence-corrected chi connectivity index (χ2v) is 10.8. The van der Waals surface area contributed by atoms with Crippen LogP contribution in [-0.2, 0) is 47.7 Å². The van der Waals surface area contributed by atoms with Crippen molar-refractivity contribution in [2.24, 2.45) is 5.92 Å². The number of carbonyl (C=O) groups is 5. The maximum Gasteiger partial charge on any atom is 0.342 e. The normalized spacial score (nSPS) is 28.2. The summed E-state index contributed by atoms with van der Waals surface area (Å²) in [5.41, 5.74) is -3.43. The van der Waals surface area contributed by atoms with E-state index in [1.54, 1.807) is 13.0 Å². The lowest BCUT2D eigenvalue weighted by atomic mass is 9.83. The molecule has 1 aliphatic heterocycles. The number of esters is 5. The van der Waals surface area contributed by atoms with Gasteiger partial charge in [0.1, 0.15) is 12.2 Å². The highest BCUT2D eigenvalue weighted by atomic mass is 16.6. The summed E-state index contributed by atoms with van der Waals surface area (Å²) in [7, 11) is 1.11. The lowest BCUT2D eigenvalue weighted by molar-refractivity contribution is -0.197. The fraction of sp³-hybridized carbons (Fsp3) is 0.607. The van der Waals surface area contributed by atoms with Crippen molar-refractivity contribution in [1.82, 2.24) is 0 Å². The van der Waals surface area contributed by atoms with Crippen molar-refractivity contribution in [2.75, 3.05) is 7.11 Å². The van der Waals surface area contributed by atoms with Crippen LogP contribution in [0.15, 0.2) is 35.5 Å². The first kappa shape index (κ1) is 32.7. The van der Waals surface area contributed by atoms with E-state index in [0.29, 0.717) is 6.42 Å². The van der Waals surface area contributed by atoms with Crippen LogP contribution in [0.25, 0.3) is 0 Å². The maximum atomic E-state index is 13.4. The van der Waals surface area contributed by atoms with Crippen molar-refractivity contribution in [3.8, 4) is 0 Å². The molecule has 0 aromatic carbocycles. The molecule has 1 fully saturated rings. The first-order chi connectivity index (χ1) is 18.4. The fourth-order valence-electron chi connectivity index (χ4n) is 4.32. The zero-order chi connectivity index (χ0) is 30.6. The zero-order valence-corrected chi connectivity index (χ0v) is 23.8. The zero-order valence-electron chi connectivity index (χ0n) is 23.8. The summed E-state index contributed by atoms with van der Waals surface area (Å²) in [6.45, 7) is 11.7. The number of rotatable bonds is 8. The molecular weight excluding hydrogens is 528 g/mol.